The van der Waals surface area contributed by atoms with E-state index in [1.807, 2.05) is 76.2 Å². The van der Waals surface area contributed by atoms with Crippen molar-refractivity contribution in [1.29, 1.82) is 0 Å². The summed E-state index contributed by atoms with van der Waals surface area (Å²) in [5.41, 5.74) is 4.14. The molecule has 0 unspecified atom stereocenters. The van der Waals surface area contributed by atoms with E-state index in [0.717, 1.165) is 22.4 Å². The van der Waals surface area contributed by atoms with Crippen molar-refractivity contribution in [2.45, 2.75) is 65.5 Å². The van der Waals surface area contributed by atoms with E-state index in [1.54, 1.807) is 15.7 Å². The predicted octanol–water partition coefficient (Wildman–Crippen LogP) is 5.43. The molecule has 0 aliphatic rings. The van der Waals surface area contributed by atoms with Gasteiger partial charge in [-0.05, 0) is 48.9 Å². The Labute approximate surface area is 209 Å². The summed E-state index contributed by atoms with van der Waals surface area (Å²) in [5.74, 6) is 0.295. The summed E-state index contributed by atoms with van der Waals surface area (Å²) < 4.78 is 28.7. The Hall–Kier alpha value is -2.93. The van der Waals surface area contributed by atoms with Gasteiger partial charge in [0.2, 0.25) is 15.0 Å². The number of sulfone groups is 1. The van der Waals surface area contributed by atoms with Crippen molar-refractivity contribution in [3.8, 4) is 0 Å². The Balaban J connectivity index is 1.97. The van der Waals surface area contributed by atoms with E-state index in [-0.39, 0.29) is 28.7 Å². The van der Waals surface area contributed by atoms with Crippen LogP contribution in [-0.2, 0) is 28.7 Å². The number of amides is 1. The monoisotopic (exact) mass is 495 g/mol. The summed E-state index contributed by atoms with van der Waals surface area (Å²) in [6, 6.07) is 15.1. The van der Waals surface area contributed by atoms with Crippen LogP contribution in [0.15, 0.2) is 59.9 Å². The van der Waals surface area contributed by atoms with E-state index in [0.29, 0.717) is 25.2 Å². The Morgan fingerprint density at radius 3 is 2.23 bits per heavy atom. The van der Waals surface area contributed by atoms with Gasteiger partial charge in [-0.3, -0.25) is 4.79 Å². The van der Waals surface area contributed by atoms with E-state index in [9.17, 15) is 13.2 Å². The number of benzene rings is 2. The number of hydrogen-bond donors (Lipinski definition) is 0. The molecular weight excluding hydrogens is 458 g/mol. The highest BCUT2D eigenvalue weighted by Crippen LogP contribution is 2.22. The quantitative estimate of drug-likeness (QED) is 0.376. The fourth-order valence-electron chi connectivity index (χ4n) is 4.10. The van der Waals surface area contributed by atoms with Crippen molar-refractivity contribution in [1.82, 2.24) is 14.5 Å². The minimum Gasteiger partial charge on any atom is -0.333 e. The van der Waals surface area contributed by atoms with Gasteiger partial charge in [-0.25, -0.2) is 13.4 Å². The Morgan fingerprint density at radius 2 is 1.63 bits per heavy atom. The second-order valence-corrected chi connectivity index (χ2v) is 12.1. The van der Waals surface area contributed by atoms with Crippen molar-refractivity contribution in [3.63, 3.8) is 0 Å². The first-order valence-corrected chi connectivity index (χ1v) is 13.8. The maximum atomic E-state index is 13.5. The topological polar surface area (TPSA) is 72.3 Å². The number of carbonyl (C=O) groups is 1. The molecule has 0 spiro atoms. The first-order valence-electron chi connectivity index (χ1n) is 12.2. The molecule has 0 saturated carbocycles. The zero-order chi connectivity index (χ0) is 25.8. The lowest BCUT2D eigenvalue weighted by Gasteiger charge is -2.26. The lowest BCUT2D eigenvalue weighted by atomic mass is 10.1. The van der Waals surface area contributed by atoms with Crippen LogP contribution in [0.2, 0.25) is 0 Å². The standard InChI is InChI=1S/C28H37N3O3S/c1-20(2)16-30(27(32)24-13-11-22(5)12-14-24)18-26-15-29-28(31(26)17-21(3)4)35(33,34)19-25-10-8-7-9-23(25)6/h7-15,20-21H,16-19H2,1-6H3. The molecule has 3 rings (SSSR count). The number of rotatable bonds is 10. The fourth-order valence-corrected chi connectivity index (χ4v) is 5.71. The maximum absolute atomic E-state index is 13.5. The average Bonchev–Trinajstić information content (AvgIpc) is 3.17. The van der Waals surface area contributed by atoms with Gasteiger partial charge < -0.3 is 9.47 Å². The van der Waals surface area contributed by atoms with Crippen LogP contribution in [0.1, 0.15) is 60.4 Å². The van der Waals surface area contributed by atoms with Gasteiger partial charge in [0.15, 0.2) is 0 Å². The van der Waals surface area contributed by atoms with Gasteiger partial charge in [-0.15, -0.1) is 0 Å². The molecule has 0 bridgehead atoms. The molecule has 0 aliphatic carbocycles. The van der Waals surface area contributed by atoms with Crippen LogP contribution in [0.4, 0.5) is 0 Å². The van der Waals surface area contributed by atoms with Crippen LogP contribution in [-0.4, -0.2) is 35.3 Å². The zero-order valence-electron chi connectivity index (χ0n) is 21.7. The third kappa shape index (κ3) is 6.82. The summed E-state index contributed by atoms with van der Waals surface area (Å²) in [6.07, 6.45) is 1.61. The third-order valence-electron chi connectivity index (χ3n) is 5.86. The van der Waals surface area contributed by atoms with Gasteiger partial charge >= 0.3 is 0 Å². The molecule has 35 heavy (non-hydrogen) atoms. The molecule has 0 radical (unpaired) electrons. The SMILES string of the molecule is Cc1ccc(C(=O)N(Cc2cnc(S(=O)(=O)Cc3ccccc3C)n2CC(C)C)CC(C)C)cc1. The number of aryl methyl sites for hydroxylation is 2. The normalized spacial score (nSPS) is 11.9. The van der Waals surface area contributed by atoms with Crippen molar-refractivity contribution in [2.75, 3.05) is 6.54 Å². The lowest BCUT2D eigenvalue weighted by Crippen LogP contribution is -2.34. The number of nitrogens with zero attached hydrogens (tertiary/aromatic N) is 3. The molecule has 0 fully saturated rings. The first kappa shape index (κ1) is 26.7. The average molecular weight is 496 g/mol. The second kappa shape index (κ2) is 11.2. The van der Waals surface area contributed by atoms with E-state index < -0.39 is 9.84 Å². The molecular formula is C28H37N3O3S. The smallest absolute Gasteiger partial charge is 0.254 e. The minimum atomic E-state index is -3.68. The summed E-state index contributed by atoms with van der Waals surface area (Å²) in [5, 5.41) is 0.0664. The molecule has 3 aromatic rings. The number of imidazole rings is 1. The van der Waals surface area contributed by atoms with Crippen molar-refractivity contribution >= 4 is 15.7 Å². The summed E-state index contributed by atoms with van der Waals surface area (Å²) in [6.45, 7) is 13.5. The highest BCUT2D eigenvalue weighted by atomic mass is 32.2. The highest BCUT2D eigenvalue weighted by Gasteiger charge is 2.27. The summed E-state index contributed by atoms with van der Waals surface area (Å²) in [7, 11) is -3.68. The Morgan fingerprint density at radius 1 is 0.971 bits per heavy atom. The van der Waals surface area contributed by atoms with Gasteiger partial charge in [-0.2, -0.15) is 0 Å². The maximum Gasteiger partial charge on any atom is 0.254 e. The molecule has 0 N–H and O–H groups in total. The number of aromatic nitrogens is 2. The number of hydrogen-bond acceptors (Lipinski definition) is 4. The van der Waals surface area contributed by atoms with Crippen LogP contribution in [0.25, 0.3) is 0 Å². The minimum absolute atomic E-state index is 0.0664. The molecule has 6 nitrogen and oxygen atoms in total. The van der Waals surface area contributed by atoms with Gasteiger partial charge in [0.25, 0.3) is 5.91 Å². The molecule has 0 atom stereocenters. The van der Waals surface area contributed by atoms with Crippen LogP contribution in [0.3, 0.4) is 0 Å². The molecule has 1 amide bonds. The van der Waals surface area contributed by atoms with Crippen LogP contribution >= 0.6 is 0 Å². The molecule has 1 aromatic heterocycles. The van der Waals surface area contributed by atoms with E-state index in [2.05, 4.69) is 18.8 Å². The van der Waals surface area contributed by atoms with Crippen LogP contribution in [0.5, 0.6) is 0 Å². The number of carbonyl (C=O) groups excluding carboxylic acids is 1. The largest absolute Gasteiger partial charge is 0.333 e. The van der Waals surface area contributed by atoms with Gasteiger partial charge in [0, 0.05) is 18.7 Å². The van der Waals surface area contributed by atoms with Gasteiger partial charge in [-0.1, -0.05) is 69.7 Å². The molecule has 0 saturated heterocycles. The molecule has 2 aromatic carbocycles. The van der Waals surface area contributed by atoms with Crippen molar-refractivity contribution in [2.24, 2.45) is 11.8 Å². The summed E-state index contributed by atoms with van der Waals surface area (Å²) in [4.78, 5) is 19.6. The summed E-state index contributed by atoms with van der Waals surface area (Å²) >= 11 is 0. The predicted molar refractivity (Wildman–Crippen MR) is 140 cm³/mol. The molecule has 7 heteroatoms. The molecule has 1 heterocycles. The van der Waals surface area contributed by atoms with Gasteiger partial charge in [0.05, 0.1) is 24.2 Å². The van der Waals surface area contributed by atoms with E-state index >= 15 is 0 Å². The Kier molecular flexibility index (Phi) is 8.54. The van der Waals surface area contributed by atoms with Crippen molar-refractivity contribution in [3.05, 3.63) is 82.7 Å². The zero-order valence-corrected chi connectivity index (χ0v) is 22.5. The van der Waals surface area contributed by atoms with Crippen LogP contribution < -0.4 is 0 Å². The van der Waals surface area contributed by atoms with E-state index in [1.165, 1.54) is 0 Å². The fraction of sp³-hybridized carbons (Fsp3) is 0.429. The third-order valence-corrected chi connectivity index (χ3v) is 7.43. The molecule has 0 aliphatic heterocycles. The highest BCUT2D eigenvalue weighted by molar-refractivity contribution is 7.90. The van der Waals surface area contributed by atoms with Gasteiger partial charge in [0.1, 0.15) is 0 Å². The van der Waals surface area contributed by atoms with E-state index in [4.69, 9.17) is 0 Å². The first-order chi connectivity index (χ1) is 16.5. The second-order valence-electron chi connectivity index (χ2n) is 10.2. The van der Waals surface area contributed by atoms with Crippen molar-refractivity contribution < 1.29 is 13.2 Å². The van der Waals surface area contributed by atoms with Crippen LogP contribution in [0, 0.1) is 25.7 Å². The lowest BCUT2D eigenvalue weighted by molar-refractivity contribution is 0.0718. The Bertz CT molecular complexity index is 1260. The molecule has 188 valence electrons.